The molecule has 3 rings (SSSR count). The van der Waals surface area contributed by atoms with E-state index in [-0.39, 0.29) is 0 Å². The molecule has 1 aromatic heterocycles. The van der Waals surface area contributed by atoms with Crippen molar-refractivity contribution in [2.24, 2.45) is 0 Å². The Labute approximate surface area is 138 Å². The molecule has 0 bridgehead atoms. The van der Waals surface area contributed by atoms with Gasteiger partial charge < -0.3 is 9.64 Å². The molecule has 1 fully saturated rings. The molecular weight excluding hydrogens is 352 g/mol. The molecule has 2 aromatic rings. The first kappa shape index (κ1) is 15.1. The minimum atomic E-state index is 0.390. The summed E-state index contributed by atoms with van der Waals surface area (Å²) in [7, 11) is 0. The number of anilines is 1. The van der Waals surface area contributed by atoms with Gasteiger partial charge in [-0.2, -0.15) is 0 Å². The lowest BCUT2D eigenvalue weighted by Gasteiger charge is -2.34. The monoisotopic (exact) mass is 368 g/mol. The Kier molecular flexibility index (Phi) is 4.99. The normalized spacial score (nSPS) is 16.6. The van der Waals surface area contributed by atoms with Crippen LogP contribution in [0.2, 0.25) is 5.02 Å². The number of benzene rings is 1. The summed E-state index contributed by atoms with van der Waals surface area (Å²) in [6.07, 6.45) is 4.40. The Bertz CT molecular complexity index is 614. The van der Waals surface area contributed by atoms with Gasteiger partial charge >= 0.3 is 0 Å². The summed E-state index contributed by atoms with van der Waals surface area (Å²) in [6.45, 7) is 2.84. The van der Waals surface area contributed by atoms with Gasteiger partial charge in [0.25, 0.3) is 0 Å². The molecule has 0 radical (unpaired) electrons. The highest BCUT2D eigenvalue weighted by atomic mass is 79.9. The molecule has 0 spiro atoms. The Balaban J connectivity index is 1.76. The molecule has 1 aliphatic rings. The third kappa shape index (κ3) is 3.50. The standard InChI is InChI=1S/C16H18BrClN2O/c17-6-10-21-13-4-8-20(9-5-13)16-3-7-19-15-11-12(18)1-2-14(15)16/h1-3,7,11,13H,4-6,8-10H2. The number of aromatic nitrogens is 1. The molecule has 0 saturated carbocycles. The molecule has 3 nitrogen and oxygen atoms in total. The summed E-state index contributed by atoms with van der Waals surface area (Å²) in [4.78, 5) is 6.83. The van der Waals surface area contributed by atoms with Crippen LogP contribution in [0, 0.1) is 0 Å². The van der Waals surface area contributed by atoms with E-state index in [4.69, 9.17) is 16.3 Å². The van der Waals surface area contributed by atoms with Crippen molar-refractivity contribution in [3.63, 3.8) is 0 Å². The average molecular weight is 370 g/mol. The molecule has 0 amide bonds. The van der Waals surface area contributed by atoms with E-state index in [0.29, 0.717) is 6.10 Å². The van der Waals surface area contributed by atoms with E-state index in [1.165, 1.54) is 11.1 Å². The molecule has 0 unspecified atom stereocenters. The number of nitrogens with zero attached hydrogens (tertiary/aromatic N) is 2. The number of hydrogen-bond donors (Lipinski definition) is 0. The van der Waals surface area contributed by atoms with Crippen molar-refractivity contribution in [2.75, 3.05) is 29.9 Å². The predicted octanol–water partition coefficient (Wildman–Crippen LogP) is 4.27. The summed E-state index contributed by atoms with van der Waals surface area (Å²) in [5, 5.41) is 2.80. The van der Waals surface area contributed by atoms with E-state index in [2.05, 4.69) is 37.9 Å². The van der Waals surface area contributed by atoms with Crippen LogP contribution in [0.25, 0.3) is 10.9 Å². The Morgan fingerprint density at radius 2 is 2.10 bits per heavy atom. The number of ether oxygens (including phenoxy) is 1. The van der Waals surface area contributed by atoms with E-state index in [0.717, 1.165) is 48.4 Å². The maximum absolute atomic E-state index is 6.05. The number of hydrogen-bond acceptors (Lipinski definition) is 3. The van der Waals surface area contributed by atoms with Gasteiger partial charge in [-0.25, -0.2) is 0 Å². The zero-order chi connectivity index (χ0) is 14.7. The highest BCUT2D eigenvalue weighted by Crippen LogP contribution is 2.29. The molecule has 2 heterocycles. The molecule has 1 saturated heterocycles. The van der Waals surface area contributed by atoms with Crippen molar-refractivity contribution >= 4 is 44.1 Å². The topological polar surface area (TPSA) is 25.4 Å². The van der Waals surface area contributed by atoms with Crippen molar-refractivity contribution in [3.8, 4) is 0 Å². The highest BCUT2D eigenvalue weighted by molar-refractivity contribution is 9.09. The number of alkyl halides is 1. The van der Waals surface area contributed by atoms with Crippen LogP contribution in [-0.2, 0) is 4.74 Å². The quantitative estimate of drug-likeness (QED) is 0.753. The molecule has 0 aliphatic carbocycles. The molecule has 21 heavy (non-hydrogen) atoms. The minimum absolute atomic E-state index is 0.390. The van der Waals surface area contributed by atoms with Gasteiger partial charge in [-0.1, -0.05) is 27.5 Å². The Hall–Kier alpha value is -0.840. The Morgan fingerprint density at radius 3 is 2.86 bits per heavy atom. The van der Waals surface area contributed by atoms with Gasteiger partial charge in [-0.15, -0.1) is 0 Å². The van der Waals surface area contributed by atoms with E-state index in [9.17, 15) is 0 Å². The van der Waals surface area contributed by atoms with Crippen LogP contribution < -0.4 is 4.90 Å². The molecule has 112 valence electrons. The number of rotatable bonds is 4. The van der Waals surface area contributed by atoms with Gasteiger partial charge in [0.2, 0.25) is 0 Å². The minimum Gasteiger partial charge on any atom is -0.377 e. The van der Waals surface area contributed by atoms with Gasteiger partial charge in [-0.05, 0) is 37.1 Å². The van der Waals surface area contributed by atoms with Crippen LogP contribution >= 0.6 is 27.5 Å². The summed E-state index contributed by atoms with van der Waals surface area (Å²) >= 11 is 9.46. The number of pyridine rings is 1. The summed E-state index contributed by atoms with van der Waals surface area (Å²) < 4.78 is 5.82. The van der Waals surface area contributed by atoms with Crippen LogP contribution in [0.1, 0.15) is 12.8 Å². The lowest BCUT2D eigenvalue weighted by molar-refractivity contribution is 0.0481. The second-order valence-corrected chi connectivity index (χ2v) is 6.47. The van der Waals surface area contributed by atoms with E-state index in [1.54, 1.807) is 0 Å². The maximum Gasteiger partial charge on any atom is 0.0737 e. The first-order valence-electron chi connectivity index (χ1n) is 7.25. The molecule has 1 aliphatic heterocycles. The summed E-state index contributed by atoms with van der Waals surface area (Å²) in [5.74, 6) is 0. The number of halogens is 2. The van der Waals surface area contributed by atoms with Crippen LogP contribution in [0.4, 0.5) is 5.69 Å². The van der Waals surface area contributed by atoms with Crippen LogP contribution in [0.3, 0.4) is 0 Å². The van der Waals surface area contributed by atoms with E-state index in [1.807, 2.05) is 18.3 Å². The van der Waals surface area contributed by atoms with Crippen LogP contribution in [-0.4, -0.2) is 36.1 Å². The van der Waals surface area contributed by atoms with Gasteiger partial charge in [0.05, 0.1) is 18.2 Å². The van der Waals surface area contributed by atoms with Crippen molar-refractivity contribution in [1.29, 1.82) is 0 Å². The third-order valence-electron chi connectivity index (χ3n) is 3.90. The second kappa shape index (κ2) is 6.95. The van der Waals surface area contributed by atoms with Crippen molar-refractivity contribution in [3.05, 3.63) is 35.5 Å². The molecule has 5 heteroatoms. The van der Waals surface area contributed by atoms with Gasteiger partial charge in [-0.3, -0.25) is 4.98 Å². The van der Waals surface area contributed by atoms with Gasteiger partial charge in [0, 0.05) is 40.7 Å². The lowest BCUT2D eigenvalue weighted by atomic mass is 10.1. The average Bonchev–Trinajstić information content (AvgIpc) is 2.52. The Morgan fingerprint density at radius 1 is 1.29 bits per heavy atom. The van der Waals surface area contributed by atoms with E-state index >= 15 is 0 Å². The number of fused-ring (bicyclic) bond motifs is 1. The van der Waals surface area contributed by atoms with Crippen LogP contribution in [0.15, 0.2) is 30.5 Å². The van der Waals surface area contributed by atoms with E-state index < -0.39 is 0 Å². The largest absolute Gasteiger partial charge is 0.377 e. The molecule has 1 aromatic carbocycles. The first-order chi connectivity index (χ1) is 10.3. The van der Waals surface area contributed by atoms with Gasteiger partial charge in [0.1, 0.15) is 0 Å². The van der Waals surface area contributed by atoms with Crippen LogP contribution in [0.5, 0.6) is 0 Å². The maximum atomic E-state index is 6.05. The van der Waals surface area contributed by atoms with Crippen molar-refractivity contribution in [1.82, 2.24) is 4.98 Å². The summed E-state index contributed by atoms with van der Waals surface area (Å²) in [5.41, 5.74) is 2.20. The fourth-order valence-corrected chi connectivity index (χ4v) is 3.21. The molecule has 0 N–H and O–H groups in total. The zero-order valence-electron chi connectivity index (χ0n) is 11.8. The second-order valence-electron chi connectivity index (χ2n) is 5.24. The summed E-state index contributed by atoms with van der Waals surface area (Å²) in [6, 6.07) is 8.01. The first-order valence-corrected chi connectivity index (χ1v) is 8.74. The molecule has 0 atom stereocenters. The third-order valence-corrected chi connectivity index (χ3v) is 4.45. The smallest absolute Gasteiger partial charge is 0.0737 e. The van der Waals surface area contributed by atoms with Crippen molar-refractivity contribution < 1.29 is 4.74 Å². The van der Waals surface area contributed by atoms with Gasteiger partial charge in [0.15, 0.2) is 0 Å². The zero-order valence-corrected chi connectivity index (χ0v) is 14.1. The lowest BCUT2D eigenvalue weighted by Crippen LogP contribution is -2.37. The SMILES string of the molecule is Clc1ccc2c(N3CCC(OCCBr)CC3)ccnc2c1. The molecular formula is C16H18BrClN2O. The predicted molar refractivity (Wildman–Crippen MR) is 91.7 cm³/mol. The highest BCUT2D eigenvalue weighted by Gasteiger charge is 2.21. The fraction of sp³-hybridized carbons (Fsp3) is 0.438. The fourth-order valence-electron chi connectivity index (χ4n) is 2.86. The number of piperidine rings is 1. The van der Waals surface area contributed by atoms with Crippen molar-refractivity contribution in [2.45, 2.75) is 18.9 Å².